The first-order chi connectivity index (χ1) is 6.61. The van der Waals surface area contributed by atoms with Crippen molar-refractivity contribution in [2.75, 3.05) is 40.8 Å². The summed E-state index contributed by atoms with van der Waals surface area (Å²) in [5.74, 6) is 0.174. The quantitative estimate of drug-likeness (QED) is 0.621. The molecule has 1 rings (SSSR count). The van der Waals surface area contributed by atoms with Crippen LogP contribution < -0.4 is 5.32 Å². The second-order valence-corrected chi connectivity index (χ2v) is 3.88. The van der Waals surface area contributed by atoms with Crippen molar-refractivity contribution in [3.05, 3.63) is 12.3 Å². The highest BCUT2D eigenvalue weighted by Crippen LogP contribution is 2.02. The van der Waals surface area contributed by atoms with Gasteiger partial charge in [-0.3, -0.25) is 9.69 Å². The number of nitrogens with zero attached hydrogens (tertiary/aromatic N) is 2. The molecule has 0 aliphatic carbocycles. The molecule has 1 fully saturated rings. The van der Waals surface area contributed by atoms with Crippen LogP contribution in [0.1, 0.15) is 0 Å². The Bertz CT molecular complexity index is 225. The van der Waals surface area contributed by atoms with Crippen molar-refractivity contribution < 1.29 is 4.79 Å². The van der Waals surface area contributed by atoms with Gasteiger partial charge in [0.25, 0.3) is 0 Å². The summed E-state index contributed by atoms with van der Waals surface area (Å²) in [5.41, 5.74) is 0. The van der Waals surface area contributed by atoms with Crippen molar-refractivity contribution in [1.82, 2.24) is 15.1 Å². The molecule has 0 aromatic heterocycles. The second kappa shape index (κ2) is 5.12. The Labute approximate surface area is 85.6 Å². The fourth-order valence-corrected chi connectivity index (χ4v) is 1.46. The highest BCUT2D eigenvalue weighted by Gasteiger charge is 2.23. The molecule has 1 aliphatic rings. The van der Waals surface area contributed by atoms with E-state index < -0.39 is 0 Å². The van der Waals surface area contributed by atoms with E-state index in [9.17, 15) is 4.79 Å². The third kappa shape index (κ3) is 3.12. The SMILES string of the molecule is CN(C)/C=C/C(=O)C1CNCCN1C. The smallest absolute Gasteiger partial charge is 0.175 e. The molecule has 0 aromatic rings. The van der Waals surface area contributed by atoms with Gasteiger partial charge in [-0.1, -0.05) is 0 Å². The number of ketones is 1. The van der Waals surface area contributed by atoms with Crippen molar-refractivity contribution in [3.8, 4) is 0 Å². The van der Waals surface area contributed by atoms with Crippen LogP contribution in [-0.2, 0) is 4.79 Å². The zero-order valence-corrected chi connectivity index (χ0v) is 9.16. The highest BCUT2D eigenvalue weighted by atomic mass is 16.1. The van der Waals surface area contributed by atoms with Crippen LogP contribution in [0.15, 0.2) is 12.3 Å². The van der Waals surface area contributed by atoms with Gasteiger partial charge in [0.2, 0.25) is 0 Å². The molecule has 1 atom stereocenters. The standard InChI is InChI=1S/C10H19N3O/c1-12(2)6-4-10(14)9-8-11-5-7-13(9)3/h4,6,9,11H,5,7-8H2,1-3H3/b6-4+. The van der Waals surface area contributed by atoms with Gasteiger partial charge in [-0.2, -0.15) is 0 Å². The van der Waals surface area contributed by atoms with Gasteiger partial charge in [-0.05, 0) is 13.1 Å². The number of hydrogen-bond donors (Lipinski definition) is 1. The van der Waals surface area contributed by atoms with Gasteiger partial charge < -0.3 is 10.2 Å². The van der Waals surface area contributed by atoms with Gasteiger partial charge in [0.15, 0.2) is 5.78 Å². The van der Waals surface area contributed by atoms with Crippen LogP contribution in [0.3, 0.4) is 0 Å². The van der Waals surface area contributed by atoms with Crippen molar-refractivity contribution in [2.24, 2.45) is 0 Å². The van der Waals surface area contributed by atoms with E-state index in [4.69, 9.17) is 0 Å². The van der Waals surface area contributed by atoms with E-state index in [2.05, 4.69) is 10.2 Å². The third-order valence-electron chi connectivity index (χ3n) is 2.38. The first kappa shape index (κ1) is 11.2. The Morgan fingerprint density at radius 2 is 2.29 bits per heavy atom. The summed E-state index contributed by atoms with van der Waals surface area (Å²) >= 11 is 0. The lowest BCUT2D eigenvalue weighted by molar-refractivity contribution is -0.119. The number of piperazine rings is 1. The van der Waals surface area contributed by atoms with Crippen LogP contribution in [0.5, 0.6) is 0 Å². The molecule has 1 N–H and O–H groups in total. The lowest BCUT2D eigenvalue weighted by Crippen LogP contribution is -2.52. The Morgan fingerprint density at radius 3 is 2.86 bits per heavy atom. The predicted molar refractivity (Wildman–Crippen MR) is 57.1 cm³/mol. The van der Waals surface area contributed by atoms with Crippen LogP contribution >= 0.6 is 0 Å². The first-order valence-electron chi connectivity index (χ1n) is 4.90. The van der Waals surface area contributed by atoms with Crippen LogP contribution in [0.4, 0.5) is 0 Å². The molecule has 0 bridgehead atoms. The molecule has 0 aromatic carbocycles. The van der Waals surface area contributed by atoms with Crippen LogP contribution in [-0.4, -0.2) is 62.4 Å². The van der Waals surface area contributed by atoms with E-state index in [0.717, 1.165) is 19.6 Å². The maximum atomic E-state index is 11.7. The van der Waals surface area contributed by atoms with Crippen LogP contribution in [0.2, 0.25) is 0 Å². The molecular formula is C10H19N3O. The monoisotopic (exact) mass is 197 g/mol. The summed E-state index contributed by atoms with van der Waals surface area (Å²) in [6.45, 7) is 2.66. The first-order valence-corrected chi connectivity index (χ1v) is 4.90. The number of rotatable bonds is 3. The Balaban J connectivity index is 2.50. The number of hydrogen-bond acceptors (Lipinski definition) is 4. The molecule has 0 spiro atoms. The molecule has 1 unspecified atom stereocenters. The van der Waals surface area contributed by atoms with E-state index >= 15 is 0 Å². The molecule has 80 valence electrons. The van der Waals surface area contributed by atoms with Crippen molar-refractivity contribution in [3.63, 3.8) is 0 Å². The summed E-state index contributed by atoms with van der Waals surface area (Å²) < 4.78 is 0. The molecule has 0 saturated carbocycles. The minimum Gasteiger partial charge on any atom is -0.383 e. The number of carbonyl (C=O) groups excluding carboxylic acids is 1. The van der Waals surface area contributed by atoms with Crippen molar-refractivity contribution in [2.45, 2.75) is 6.04 Å². The highest BCUT2D eigenvalue weighted by molar-refractivity contribution is 5.94. The number of carbonyl (C=O) groups is 1. The fourth-order valence-electron chi connectivity index (χ4n) is 1.46. The maximum absolute atomic E-state index is 11.7. The molecule has 1 heterocycles. The minimum atomic E-state index is -0.0000463. The largest absolute Gasteiger partial charge is 0.383 e. The molecule has 0 radical (unpaired) electrons. The lowest BCUT2D eigenvalue weighted by atomic mass is 10.1. The lowest BCUT2D eigenvalue weighted by Gasteiger charge is -2.31. The zero-order chi connectivity index (χ0) is 10.6. The van der Waals surface area contributed by atoms with E-state index in [0.29, 0.717) is 0 Å². The second-order valence-electron chi connectivity index (χ2n) is 3.88. The topological polar surface area (TPSA) is 35.6 Å². The van der Waals surface area contributed by atoms with Crippen LogP contribution in [0, 0.1) is 0 Å². The third-order valence-corrected chi connectivity index (χ3v) is 2.38. The average Bonchev–Trinajstić information content (AvgIpc) is 2.15. The van der Waals surface area contributed by atoms with Crippen molar-refractivity contribution >= 4 is 5.78 Å². The van der Waals surface area contributed by atoms with E-state index in [1.807, 2.05) is 26.0 Å². The summed E-state index contributed by atoms with van der Waals surface area (Å²) in [5, 5.41) is 3.22. The van der Waals surface area contributed by atoms with Gasteiger partial charge in [0.1, 0.15) is 0 Å². The summed E-state index contributed by atoms with van der Waals surface area (Å²) in [6.07, 6.45) is 3.44. The summed E-state index contributed by atoms with van der Waals surface area (Å²) in [6, 6.07) is -0.0000463. The molecule has 0 amide bonds. The van der Waals surface area contributed by atoms with Gasteiger partial charge >= 0.3 is 0 Å². The summed E-state index contributed by atoms with van der Waals surface area (Å²) in [4.78, 5) is 15.7. The van der Waals surface area contributed by atoms with Gasteiger partial charge in [0, 0.05) is 39.9 Å². The Kier molecular flexibility index (Phi) is 4.10. The van der Waals surface area contributed by atoms with E-state index in [1.165, 1.54) is 0 Å². The minimum absolute atomic E-state index is 0.0000463. The Morgan fingerprint density at radius 1 is 1.57 bits per heavy atom. The van der Waals surface area contributed by atoms with E-state index in [1.54, 1.807) is 12.3 Å². The van der Waals surface area contributed by atoms with Gasteiger partial charge in [-0.25, -0.2) is 0 Å². The van der Waals surface area contributed by atoms with Crippen LogP contribution in [0.25, 0.3) is 0 Å². The van der Waals surface area contributed by atoms with E-state index in [-0.39, 0.29) is 11.8 Å². The maximum Gasteiger partial charge on any atom is 0.175 e. The molecule has 1 aliphatic heterocycles. The van der Waals surface area contributed by atoms with Gasteiger partial charge in [0.05, 0.1) is 6.04 Å². The predicted octanol–water partition coefficient (Wildman–Crippen LogP) is -0.466. The average molecular weight is 197 g/mol. The normalized spacial score (nSPS) is 24.1. The molecule has 4 nitrogen and oxygen atoms in total. The fraction of sp³-hybridized carbons (Fsp3) is 0.700. The molecule has 14 heavy (non-hydrogen) atoms. The molecule has 1 saturated heterocycles. The number of nitrogens with one attached hydrogen (secondary N) is 1. The molecule has 4 heteroatoms. The summed E-state index contributed by atoms with van der Waals surface area (Å²) in [7, 11) is 5.81. The number of likely N-dealkylation sites (N-methyl/N-ethyl adjacent to an activating group) is 1. The van der Waals surface area contributed by atoms with Gasteiger partial charge in [-0.15, -0.1) is 0 Å². The Hall–Kier alpha value is -0.870. The van der Waals surface area contributed by atoms with Crippen molar-refractivity contribution in [1.29, 1.82) is 0 Å². The zero-order valence-electron chi connectivity index (χ0n) is 9.16. The molecular weight excluding hydrogens is 178 g/mol.